The molecule has 2 aliphatic heterocycles. The van der Waals surface area contributed by atoms with Crippen molar-refractivity contribution in [2.75, 3.05) is 13.2 Å². The van der Waals surface area contributed by atoms with Gasteiger partial charge in [-0.05, 0) is 36.1 Å². The van der Waals surface area contributed by atoms with Crippen molar-refractivity contribution in [3.05, 3.63) is 69.8 Å². The van der Waals surface area contributed by atoms with Gasteiger partial charge in [0, 0.05) is 37.7 Å². The summed E-state index contributed by atoms with van der Waals surface area (Å²) in [5.41, 5.74) is -1.87. The molecule has 2 fully saturated rings. The molecule has 0 bridgehead atoms. The molecule has 4 unspecified atom stereocenters. The first-order chi connectivity index (χ1) is 18.4. The van der Waals surface area contributed by atoms with E-state index in [1.807, 2.05) is 0 Å². The second-order valence-electron chi connectivity index (χ2n) is 9.38. The number of halogens is 3. The highest BCUT2D eigenvalue weighted by Crippen LogP contribution is 2.50. The van der Waals surface area contributed by atoms with E-state index in [2.05, 4.69) is 10.1 Å². The van der Waals surface area contributed by atoms with Crippen LogP contribution < -0.4 is 10.1 Å². The Kier molecular flexibility index (Phi) is 7.61. The van der Waals surface area contributed by atoms with Crippen LogP contribution in [0.1, 0.15) is 30.0 Å². The standard InChI is InChI=1S/C25H24F3N3O8/c26-25(27,28)39-17-5-3-4-15(12-17)20-18-19(22(34)30(21(18)33)10-1-2-11-32)24(29-20,23(35)36)13-14-6-8-16(9-7-14)31(37)38/h3-9,12,18-20,29,32H,1-2,10-11,13H2,(H,35,36). The molecule has 3 N–H and O–H groups in total. The van der Waals surface area contributed by atoms with E-state index in [-0.39, 0.29) is 43.7 Å². The Morgan fingerprint density at radius 1 is 1.13 bits per heavy atom. The van der Waals surface area contributed by atoms with Gasteiger partial charge >= 0.3 is 12.3 Å². The van der Waals surface area contributed by atoms with Gasteiger partial charge in [0.15, 0.2) is 0 Å². The second kappa shape index (κ2) is 10.6. The molecule has 0 saturated carbocycles. The van der Waals surface area contributed by atoms with Crippen LogP contribution in [0.15, 0.2) is 48.5 Å². The minimum atomic E-state index is -4.99. The average Bonchev–Trinajstić information content (AvgIpc) is 3.33. The Labute approximate surface area is 219 Å². The fourth-order valence-corrected chi connectivity index (χ4v) is 5.35. The number of nitrogens with zero attached hydrogens (tertiary/aromatic N) is 2. The number of fused-ring (bicyclic) bond motifs is 1. The average molecular weight is 551 g/mol. The summed E-state index contributed by atoms with van der Waals surface area (Å²) in [7, 11) is 0. The number of carbonyl (C=O) groups excluding carboxylic acids is 2. The number of unbranched alkanes of at least 4 members (excludes halogenated alkanes) is 1. The fourth-order valence-electron chi connectivity index (χ4n) is 5.35. The highest BCUT2D eigenvalue weighted by Gasteiger charge is 2.68. The van der Waals surface area contributed by atoms with Crippen LogP contribution in [0.5, 0.6) is 5.75 Å². The van der Waals surface area contributed by atoms with E-state index >= 15 is 0 Å². The predicted octanol–water partition coefficient (Wildman–Crippen LogP) is 2.58. The molecule has 0 aromatic heterocycles. The first-order valence-electron chi connectivity index (χ1n) is 11.9. The van der Waals surface area contributed by atoms with Gasteiger partial charge in [-0.3, -0.25) is 34.7 Å². The monoisotopic (exact) mass is 551 g/mol. The van der Waals surface area contributed by atoms with E-state index in [1.54, 1.807) is 0 Å². The first kappa shape index (κ1) is 28.0. The number of ether oxygens (including phenoxy) is 1. The lowest BCUT2D eigenvalue weighted by Gasteiger charge is -2.31. The molecule has 4 atom stereocenters. The number of aliphatic hydroxyl groups excluding tert-OH is 1. The zero-order valence-electron chi connectivity index (χ0n) is 20.3. The van der Waals surface area contributed by atoms with Gasteiger partial charge in [0.25, 0.3) is 5.69 Å². The molecule has 0 spiro atoms. The number of alkyl halides is 3. The van der Waals surface area contributed by atoms with Gasteiger partial charge in [-0.1, -0.05) is 24.3 Å². The summed E-state index contributed by atoms with van der Waals surface area (Å²) in [5.74, 6) is -6.19. The topological polar surface area (TPSA) is 159 Å². The molecule has 4 rings (SSSR count). The number of aliphatic hydroxyl groups is 1. The number of hydrogen-bond donors (Lipinski definition) is 3. The number of carbonyl (C=O) groups is 3. The lowest BCUT2D eigenvalue weighted by atomic mass is 9.76. The maximum absolute atomic E-state index is 13.6. The van der Waals surface area contributed by atoms with E-state index in [4.69, 9.17) is 5.11 Å². The van der Waals surface area contributed by atoms with E-state index in [1.165, 1.54) is 36.4 Å². The summed E-state index contributed by atoms with van der Waals surface area (Å²) in [6, 6.07) is 8.59. The van der Waals surface area contributed by atoms with Gasteiger partial charge in [-0.2, -0.15) is 0 Å². The molecule has 2 aliphatic rings. The fraction of sp³-hybridized carbons (Fsp3) is 0.400. The van der Waals surface area contributed by atoms with Gasteiger partial charge in [-0.25, -0.2) is 0 Å². The number of non-ortho nitro benzene ring substituents is 1. The maximum Gasteiger partial charge on any atom is 0.573 e. The molecule has 11 nitrogen and oxygen atoms in total. The number of carboxylic acid groups (broad SMARTS) is 1. The largest absolute Gasteiger partial charge is 0.573 e. The Hall–Kier alpha value is -4.04. The maximum atomic E-state index is 13.6. The van der Waals surface area contributed by atoms with Crippen LogP contribution in [0.2, 0.25) is 0 Å². The first-order valence-corrected chi connectivity index (χ1v) is 11.9. The molecule has 2 amide bonds. The van der Waals surface area contributed by atoms with Gasteiger partial charge in [0.1, 0.15) is 11.3 Å². The lowest BCUT2D eigenvalue weighted by molar-refractivity contribution is -0.384. The molecule has 2 aromatic carbocycles. The van der Waals surface area contributed by atoms with Crippen molar-refractivity contribution < 1.29 is 47.4 Å². The highest BCUT2D eigenvalue weighted by atomic mass is 19.4. The number of aliphatic carboxylic acids is 1. The van der Waals surface area contributed by atoms with Gasteiger partial charge in [0.2, 0.25) is 11.8 Å². The van der Waals surface area contributed by atoms with Crippen molar-refractivity contribution >= 4 is 23.5 Å². The number of rotatable bonds is 10. The lowest BCUT2D eigenvalue weighted by Crippen LogP contribution is -2.57. The number of nitrogens with one attached hydrogen (secondary N) is 1. The number of hydrogen-bond acceptors (Lipinski definition) is 8. The molecule has 2 saturated heterocycles. The number of nitro benzene ring substituents is 1. The van der Waals surface area contributed by atoms with Crippen molar-refractivity contribution in [3.8, 4) is 5.75 Å². The van der Waals surface area contributed by atoms with Gasteiger partial charge < -0.3 is 14.9 Å². The molecule has 14 heteroatoms. The van der Waals surface area contributed by atoms with Crippen LogP contribution in [-0.2, 0) is 20.8 Å². The number of amides is 2. The predicted molar refractivity (Wildman–Crippen MR) is 126 cm³/mol. The van der Waals surface area contributed by atoms with Crippen LogP contribution in [0.3, 0.4) is 0 Å². The minimum absolute atomic E-state index is 0.0671. The zero-order valence-corrected chi connectivity index (χ0v) is 20.3. The molecule has 208 valence electrons. The molecular formula is C25H24F3N3O8. The smallest absolute Gasteiger partial charge is 0.480 e. The van der Waals surface area contributed by atoms with E-state index in [9.17, 15) is 42.8 Å². The van der Waals surface area contributed by atoms with Crippen LogP contribution >= 0.6 is 0 Å². The van der Waals surface area contributed by atoms with Crippen LogP contribution in [0.4, 0.5) is 18.9 Å². The molecule has 39 heavy (non-hydrogen) atoms. The quantitative estimate of drug-likeness (QED) is 0.175. The number of likely N-dealkylation sites (tertiary alicyclic amines) is 1. The van der Waals surface area contributed by atoms with Crippen LogP contribution in [0.25, 0.3) is 0 Å². The van der Waals surface area contributed by atoms with Crippen molar-refractivity contribution in [1.82, 2.24) is 10.2 Å². The highest BCUT2D eigenvalue weighted by molar-refractivity contribution is 6.09. The number of imide groups is 1. The van der Waals surface area contributed by atoms with Crippen molar-refractivity contribution in [1.29, 1.82) is 0 Å². The van der Waals surface area contributed by atoms with Crippen molar-refractivity contribution in [2.24, 2.45) is 11.8 Å². The molecule has 2 heterocycles. The Bertz CT molecular complexity index is 1290. The van der Waals surface area contributed by atoms with Crippen molar-refractivity contribution in [2.45, 2.75) is 37.2 Å². The summed E-state index contributed by atoms with van der Waals surface area (Å²) in [6.07, 6.45) is -4.78. The third-order valence-corrected chi connectivity index (χ3v) is 7.00. The van der Waals surface area contributed by atoms with E-state index in [0.717, 1.165) is 17.0 Å². The molecular weight excluding hydrogens is 527 g/mol. The number of benzene rings is 2. The third kappa shape index (κ3) is 5.43. The Balaban J connectivity index is 1.78. The molecule has 0 radical (unpaired) electrons. The summed E-state index contributed by atoms with van der Waals surface area (Å²) in [5, 5.41) is 33.4. The summed E-state index contributed by atoms with van der Waals surface area (Å²) < 4.78 is 42.5. The summed E-state index contributed by atoms with van der Waals surface area (Å²) in [6.45, 7) is -0.249. The van der Waals surface area contributed by atoms with Crippen LogP contribution in [-0.4, -0.2) is 62.9 Å². The third-order valence-electron chi connectivity index (χ3n) is 7.00. The summed E-state index contributed by atoms with van der Waals surface area (Å²) in [4.78, 5) is 51.2. The van der Waals surface area contributed by atoms with E-state index < -0.39 is 58.2 Å². The van der Waals surface area contributed by atoms with E-state index in [0.29, 0.717) is 5.56 Å². The summed E-state index contributed by atoms with van der Waals surface area (Å²) >= 11 is 0. The Morgan fingerprint density at radius 3 is 2.41 bits per heavy atom. The van der Waals surface area contributed by atoms with Gasteiger partial charge in [0.05, 0.1) is 16.8 Å². The van der Waals surface area contributed by atoms with Gasteiger partial charge in [-0.15, -0.1) is 13.2 Å². The Morgan fingerprint density at radius 2 is 1.82 bits per heavy atom. The zero-order chi connectivity index (χ0) is 28.5. The van der Waals surface area contributed by atoms with Crippen molar-refractivity contribution in [3.63, 3.8) is 0 Å². The number of nitro groups is 1. The second-order valence-corrected chi connectivity index (χ2v) is 9.38. The number of carboxylic acids is 1. The molecule has 0 aliphatic carbocycles. The minimum Gasteiger partial charge on any atom is -0.480 e. The normalized spacial score (nSPS) is 24.6. The SMILES string of the molecule is O=C1C2C(c3cccc(OC(F)(F)F)c3)NC(Cc3ccc([N+](=O)[O-])cc3)(C(=O)O)C2C(=O)N1CCCCO. The van der Waals surface area contributed by atoms with Crippen LogP contribution in [0, 0.1) is 22.0 Å². The molecule has 2 aromatic rings.